The van der Waals surface area contributed by atoms with Crippen molar-refractivity contribution in [2.45, 2.75) is 31.2 Å². The molecule has 23 heavy (non-hydrogen) atoms. The quantitative estimate of drug-likeness (QED) is 0.896. The Hall–Kier alpha value is -1.59. The van der Waals surface area contributed by atoms with Crippen LogP contribution in [0.25, 0.3) is 0 Å². The summed E-state index contributed by atoms with van der Waals surface area (Å²) in [6, 6.07) is 7.51. The van der Waals surface area contributed by atoms with Crippen LogP contribution in [0.5, 0.6) is 0 Å². The van der Waals surface area contributed by atoms with Crippen molar-refractivity contribution >= 4 is 23.5 Å². The van der Waals surface area contributed by atoms with Crippen LogP contribution >= 0.6 is 11.6 Å². The molecule has 6 heteroatoms. The zero-order valence-corrected chi connectivity index (χ0v) is 13.5. The number of aliphatic carboxylic acids is 1. The van der Waals surface area contributed by atoms with Gasteiger partial charge in [0.05, 0.1) is 0 Å². The van der Waals surface area contributed by atoms with E-state index in [1.807, 2.05) is 24.3 Å². The molecule has 2 aliphatic rings. The van der Waals surface area contributed by atoms with E-state index in [0.29, 0.717) is 31.1 Å². The highest BCUT2D eigenvalue weighted by Gasteiger charge is 2.47. The molecule has 2 atom stereocenters. The van der Waals surface area contributed by atoms with Gasteiger partial charge in [-0.25, -0.2) is 0 Å². The molecular formula is C17H20ClNO4. The van der Waals surface area contributed by atoms with Crippen molar-refractivity contribution in [1.29, 1.82) is 0 Å². The molecule has 2 unspecified atom stereocenters. The van der Waals surface area contributed by atoms with E-state index in [4.69, 9.17) is 21.4 Å². The highest BCUT2D eigenvalue weighted by Crippen LogP contribution is 2.49. The van der Waals surface area contributed by atoms with E-state index in [0.717, 1.165) is 12.0 Å². The highest BCUT2D eigenvalue weighted by molar-refractivity contribution is 6.30. The van der Waals surface area contributed by atoms with Gasteiger partial charge in [0.2, 0.25) is 5.91 Å². The summed E-state index contributed by atoms with van der Waals surface area (Å²) in [5, 5.41) is 9.80. The minimum Gasteiger partial charge on any atom is -0.480 e. The first-order valence-electron chi connectivity index (χ1n) is 7.91. The Morgan fingerprint density at radius 3 is 2.70 bits per heavy atom. The molecule has 2 fully saturated rings. The van der Waals surface area contributed by atoms with Crippen LogP contribution in [-0.2, 0) is 14.3 Å². The Morgan fingerprint density at radius 2 is 2.04 bits per heavy atom. The largest absolute Gasteiger partial charge is 0.480 e. The smallest absolute Gasteiger partial charge is 0.323 e. The van der Waals surface area contributed by atoms with Crippen LogP contribution < -0.4 is 0 Å². The molecule has 0 bridgehead atoms. The average molecular weight is 338 g/mol. The van der Waals surface area contributed by atoms with E-state index in [9.17, 15) is 9.59 Å². The number of amides is 1. The molecule has 3 rings (SSSR count). The summed E-state index contributed by atoms with van der Waals surface area (Å²) in [4.78, 5) is 25.5. The van der Waals surface area contributed by atoms with Crippen molar-refractivity contribution < 1.29 is 19.4 Å². The van der Waals surface area contributed by atoms with E-state index < -0.39 is 5.97 Å². The standard InChI is InChI=1S/C17H20ClNO4/c18-12-3-1-2-11(8-12)14-9-15(14)17(22)19(10-16(20)21)13-4-6-23-7-5-13/h1-3,8,13-15H,4-7,9-10H2,(H,20,21). The van der Waals surface area contributed by atoms with E-state index in [-0.39, 0.29) is 30.3 Å². The average Bonchev–Trinajstić information content (AvgIpc) is 3.33. The number of halogens is 1. The molecule has 0 aromatic heterocycles. The van der Waals surface area contributed by atoms with Crippen LogP contribution in [0.3, 0.4) is 0 Å². The Labute approximate surface area is 140 Å². The molecule has 124 valence electrons. The van der Waals surface area contributed by atoms with Gasteiger partial charge in [-0.3, -0.25) is 9.59 Å². The Balaban J connectivity index is 1.70. The molecule has 0 radical (unpaired) electrons. The molecule has 1 aliphatic carbocycles. The van der Waals surface area contributed by atoms with Crippen molar-refractivity contribution in [1.82, 2.24) is 4.90 Å². The second kappa shape index (κ2) is 6.89. The normalized spacial score (nSPS) is 24.2. The van der Waals surface area contributed by atoms with E-state index in [1.54, 1.807) is 4.90 Å². The molecule has 1 aromatic rings. The first-order chi connectivity index (χ1) is 11.1. The topological polar surface area (TPSA) is 66.8 Å². The molecular weight excluding hydrogens is 318 g/mol. The number of rotatable bonds is 5. The maximum atomic E-state index is 12.8. The zero-order valence-electron chi connectivity index (χ0n) is 12.8. The molecule has 5 nitrogen and oxygen atoms in total. The lowest BCUT2D eigenvalue weighted by Gasteiger charge is -2.33. The van der Waals surface area contributed by atoms with E-state index in [1.165, 1.54) is 0 Å². The summed E-state index contributed by atoms with van der Waals surface area (Å²) in [7, 11) is 0. The molecule has 1 saturated carbocycles. The van der Waals surface area contributed by atoms with Crippen molar-refractivity contribution in [3.63, 3.8) is 0 Å². The van der Waals surface area contributed by atoms with Crippen LogP contribution in [0, 0.1) is 5.92 Å². The number of benzene rings is 1. The van der Waals surface area contributed by atoms with Crippen molar-refractivity contribution in [3.05, 3.63) is 34.9 Å². The number of carbonyl (C=O) groups excluding carboxylic acids is 1. The molecule has 1 heterocycles. The fourth-order valence-electron chi connectivity index (χ4n) is 3.32. The van der Waals surface area contributed by atoms with Gasteiger partial charge in [-0.2, -0.15) is 0 Å². The minimum absolute atomic E-state index is 0.0343. The number of nitrogens with zero attached hydrogens (tertiary/aromatic N) is 1. The Kier molecular flexibility index (Phi) is 4.87. The molecule has 0 spiro atoms. The highest BCUT2D eigenvalue weighted by atomic mass is 35.5. The third-order valence-corrected chi connectivity index (χ3v) is 4.84. The van der Waals surface area contributed by atoms with E-state index in [2.05, 4.69) is 0 Å². The second-order valence-corrected chi connectivity index (χ2v) is 6.64. The third-order valence-electron chi connectivity index (χ3n) is 4.60. The summed E-state index contributed by atoms with van der Waals surface area (Å²) in [5.74, 6) is -0.998. The van der Waals surface area contributed by atoms with Crippen molar-refractivity contribution in [3.8, 4) is 0 Å². The third kappa shape index (κ3) is 3.85. The van der Waals surface area contributed by atoms with Gasteiger partial charge in [-0.15, -0.1) is 0 Å². The van der Waals surface area contributed by atoms with Crippen LogP contribution in [0.1, 0.15) is 30.7 Å². The van der Waals surface area contributed by atoms with Crippen LogP contribution in [0.15, 0.2) is 24.3 Å². The fourth-order valence-corrected chi connectivity index (χ4v) is 3.51. The number of hydrogen-bond acceptors (Lipinski definition) is 3. The van der Waals surface area contributed by atoms with Crippen LogP contribution in [0.4, 0.5) is 0 Å². The monoisotopic (exact) mass is 337 g/mol. The van der Waals surface area contributed by atoms with Gasteiger partial charge in [-0.1, -0.05) is 23.7 Å². The van der Waals surface area contributed by atoms with Gasteiger partial charge >= 0.3 is 5.97 Å². The van der Waals surface area contributed by atoms with Gasteiger partial charge in [0.25, 0.3) is 0 Å². The van der Waals surface area contributed by atoms with Gasteiger partial charge in [0, 0.05) is 30.2 Å². The summed E-state index contributed by atoms with van der Waals surface area (Å²) in [5.41, 5.74) is 1.05. The Morgan fingerprint density at radius 1 is 1.30 bits per heavy atom. The minimum atomic E-state index is -0.968. The Bertz CT molecular complexity index is 600. The number of carbonyl (C=O) groups is 2. The number of ether oxygens (including phenoxy) is 1. The summed E-state index contributed by atoms with van der Waals surface area (Å²) < 4.78 is 5.31. The lowest BCUT2D eigenvalue weighted by atomic mass is 10.0. The second-order valence-electron chi connectivity index (χ2n) is 6.21. The number of carboxylic acids is 1. The summed E-state index contributed by atoms with van der Waals surface area (Å²) in [6.45, 7) is 0.926. The first-order valence-corrected chi connectivity index (χ1v) is 8.29. The molecule has 1 aliphatic heterocycles. The molecule has 1 N–H and O–H groups in total. The summed E-state index contributed by atoms with van der Waals surface area (Å²) in [6.07, 6.45) is 2.17. The van der Waals surface area contributed by atoms with Gasteiger partial charge in [0.1, 0.15) is 6.54 Å². The van der Waals surface area contributed by atoms with E-state index >= 15 is 0 Å². The number of carboxylic acid groups (broad SMARTS) is 1. The van der Waals surface area contributed by atoms with Gasteiger partial charge in [0.15, 0.2) is 0 Å². The molecule has 1 aromatic carbocycles. The maximum absolute atomic E-state index is 12.8. The van der Waals surface area contributed by atoms with Gasteiger partial charge < -0.3 is 14.7 Å². The SMILES string of the molecule is O=C(O)CN(C(=O)C1CC1c1cccc(Cl)c1)C1CCOCC1. The molecule has 1 saturated heterocycles. The van der Waals surface area contributed by atoms with Gasteiger partial charge in [-0.05, 0) is 42.9 Å². The predicted molar refractivity (Wildman–Crippen MR) is 85.5 cm³/mol. The zero-order chi connectivity index (χ0) is 16.4. The number of hydrogen-bond donors (Lipinski definition) is 1. The maximum Gasteiger partial charge on any atom is 0.323 e. The van der Waals surface area contributed by atoms with Crippen molar-refractivity contribution in [2.24, 2.45) is 5.92 Å². The van der Waals surface area contributed by atoms with Crippen LogP contribution in [-0.4, -0.2) is 47.7 Å². The van der Waals surface area contributed by atoms with Crippen molar-refractivity contribution in [2.75, 3.05) is 19.8 Å². The molecule has 1 amide bonds. The predicted octanol–water partition coefficient (Wildman–Crippen LogP) is 2.54. The lowest BCUT2D eigenvalue weighted by molar-refractivity contribution is -0.148. The van der Waals surface area contributed by atoms with Crippen LogP contribution in [0.2, 0.25) is 5.02 Å². The fraction of sp³-hybridized carbons (Fsp3) is 0.529. The lowest BCUT2D eigenvalue weighted by Crippen LogP contribution is -2.46. The summed E-state index contributed by atoms with van der Waals surface area (Å²) >= 11 is 6.01. The first kappa shape index (κ1) is 16.3.